The standard InChI is InChI=1S/C11H18FN3O2/c1-16-8-11(12,4-3-5-13)9-10(17-2)15-7-6-14-9/h6-7H,3-5,8,13H2,1-2H3. The summed E-state index contributed by atoms with van der Waals surface area (Å²) < 4.78 is 24.7. The minimum Gasteiger partial charge on any atom is -0.480 e. The molecule has 0 fully saturated rings. The maximum absolute atomic E-state index is 14.8. The largest absolute Gasteiger partial charge is 0.480 e. The van der Waals surface area contributed by atoms with Gasteiger partial charge in [0, 0.05) is 19.5 Å². The summed E-state index contributed by atoms with van der Waals surface area (Å²) >= 11 is 0. The van der Waals surface area contributed by atoms with Gasteiger partial charge >= 0.3 is 0 Å². The van der Waals surface area contributed by atoms with Gasteiger partial charge in [-0.1, -0.05) is 0 Å². The predicted molar refractivity (Wildman–Crippen MR) is 61.5 cm³/mol. The normalized spacial score (nSPS) is 14.4. The van der Waals surface area contributed by atoms with Crippen LogP contribution in [0.2, 0.25) is 0 Å². The van der Waals surface area contributed by atoms with Crippen molar-refractivity contribution in [2.24, 2.45) is 5.73 Å². The predicted octanol–water partition coefficient (Wildman–Crippen LogP) is 1.04. The fraction of sp³-hybridized carbons (Fsp3) is 0.636. The van der Waals surface area contributed by atoms with Crippen molar-refractivity contribution in [1.29, 1.82) is 0 Å². The molecule has 0 bridgehead atoms. The van der Waals surface area contributed by atoms with Crippen molar-refractivity contribution in [2.45, 2.75) is 18.5 Å². The highest BCUT2D eigenvalue weighted by Gasteiger charge is 2.36. The third-order valence-corrected chi connectivity index (χ3v) is 2.43. The van der Waals surface area contributed by atoms with Crippen molar-refractivity contribution >= 4 is 0 Å². The van der Waals surface area contributed by atoms with Crippen LogP contribution in [0, 0.1) is 0 Å². The molecule has 17 heavy (non-hydrogen) atoms. The molecule has 6 heteroatoms. The molecule has 2 N–H and O–H groups in total. The third-order valence-electron chi connectivity index (χ3n) is 2.43. The third kappa shape index (κ3) is 3.34. The van der Waals surface area contributed by atoms with E-state index in [0.717, 1.165) is 0 Å². The van der Waals surface area contributed by atoms with E-state index in [1.54, 1.807) is 0 Å². The number of alkyl halides is 1. The molecule has 1 atom stereocenters. The van der Waals surface area contributed by atoms with Gasteiger partial charge in [-0.05, 0) is 19.4 Å². The Bertz CT molecular complexity index is 351. The van der Waals surface area contributed by atoms with E-state index in [-0.39, 0.29) is 24.6 Å². The highest BCUT2D eigenvalue weighted by Crippen LogP contribution is 2.34. The molecule has 0 amide bonds. The molecule has 96 valence electrons. The second kappa shape index (κ2) is 6.46. The molecule has 0 aliphatic rings. The molecule has 0 saturated heterocycles. The summed E-state index contributed by atoms with van der Waals surface area (Å²) in [5.74, 6) is 0.184. The minimum absolute atomic E-state index is 0.0952. The van der Waals surface area contributed by atoms with Gasteiger partial charge in [-0.15, -0.1) is 0 Å². The highest BCUT2D eigenvalue weighted by atomic mass is 19.1. The zero-order chi connectivity index (χ0) is 12.7. The van der Waals surface area contributed by atoms with Gasteiger partial charge in [0.1, 0.15) is 5.69 Å². The molecule has 1 heterocycles. The molecule has 5 nitrogen and oxygen atoms in total. The van der Waals surface area contributed by atoms with Gasteiger partial charge in [0.15, 0.2) is 5.67 Å². The topological polar surface area (TPSA) is 70.3 Å². The SMILES string of the molecule is COCC(F)(CCCN)c1nccnc1OC. The van der Waals surface area contributed by atoms with Gasteiger partial charge < -0.3 is 15.2 Å². The van der Waals surface area contributed by atoms with Crippen LogP contribution in [0.1, 0.15) is 18.5 Å². The lowest BCUT2D eigenvalue weighted by atomic mass is 9.96. The zero-order valence-corrected chi connectivity index (χ0v) is 10.1. The van der Waals surface area contributed by atoms with Crippen LogP contribution in [0.3, 0.4) is 0 Å². The van der Waals surface area contributed by atoms with E-state index >= 15 is 0 Å². The summed E-state index contributed by atoms with van der Waals surface area (Å²) in [7, 11) is 2.88. The minimum atomic E-state index is -1.71. The lowest BCUT2D eigenvalue weighted by Gasteiger charge is -2.24. The smallest absolute Gasteiger partial charge is 0.238 e. The Balaban J connectivity index is 3.02. The number of methoxy groups -OCH3 is 2. The second-order valence-electron chi connectivity index (χ2n) is 3.70. The van der Waals surface area contributed by atoms with Crippen molar-refractivity contribution in [3.8, 4) is 5.88 Å². The molecule has 0 aliphatic heterocycles. The number of hydrogen-bond acceptors (Lipinski definition) is 5. The Kier molecular flexibility index (Phi) is 5.24. The summed E-state index contributed by atoms with van der Waals surface area (Å²) in [4.78, 5) is 7.95. The number of nitrogens with two attached hydrogens (primary N) is 1. The number of halogens is 1. The van der Waals surface area contributed by atoms with Gasteiger partial charge in [0.25, 0.3) is 0 Å². The lowest BCUT2D eigenvalue weighted by Crippen LogP contribution is -2.29. The van der Waals surface area contributed by atoms with Gasteiger partial charge in [-0.2, -0.15) is 0 Å². The van der Waals surface area contributed by atoms with Crippen LogP contribution >= 0.6 is 0 Å². The molecule has 0 aliphatic carbocycles. The second-order valence-corrected chi connectivity index (χ2v) is 3.70. The van der Waals surface area contributed by atoms with Crippen molar-refractivity contribution in [1.82, 2.24) is 9.97 Å². The molecular weight excluding hydrogens is 225 g/mol. The molecule has 0 saturated carbocycles. The molecular formula is C11H18FN3O2. The Morgan fingerprint density at radius 1 is 1.35 bits per heavy atom. The van der Waals surface area contributed by atoms with Crippen molar-refractivity contribution in [3.05, 3.63) is 18.1 Å². The fourth-order valence-corrected chi connectivity index (χ4v) is 1.65. The number of aromatic nitrogens is 2. The van der Waals surface area contributed by atoms with E-state index in [4.69, 9.17) is 15.2 Å². The van der Waals surface area contributed by atoms with Crippen molar-refractivity contribution < 1.29 is 13.9 Å². The van der Waals surface area contributed by atoms with Crippen LogP contribution in [0.25, 0.3) is 0 Å². The van der Waals surface area contributed by atoms with E-state index in [1.165, 1.54) is 26.6 Å². The maximum atomic E-state index is 14.8. The van der Waals surface area contributed by atoms with Crippen LogP contribution in [-0.4, -0.2) is 37.3 Å². The summed E-state index contributed by atoms with van der Waals surface area (Å²) in [5.41, 5.74) is 3.86. The summed E-state index contributed by atoms with van der Waals surface area (Å²) in [6.45, 7) is 0.319. The Labute approximate surface area is 100 Å². The molecule has 0 radical (unpaired) electrons. The van der Waals surface area contributed by atoms with E-state index in [0.29, 0.717) is 13.0 Å². The summed E-state index contributed by atoms with van der Waals surface area (Å²) in [5, 5.41) is 0. The summed E-state index contributed by atoms with van der Waals surface area (Å²) in [6, 6.07) is 0. The molecule has 1 aromatic heterocycles. The first-order valence-electron chi connectivity index (χ1n) is 5.41. The summed E-state index contributed by atoms with van der Waals surface area (Å²) in [6.07, 6.45) is 3.66. The van der Waals surface area contributed by atoms with Gasteiger partial charge in [-0.25, -0.2) is 9.37 Å². The Hall–Kier alpha value is -1.27. The van der Waals surface area contributed by atoms with E-state index in [2.05, 4.69) is 9.97 Å². The molecule has 1 unspecified atom stereocenters. The first-order valence-corrected chi connectivity index (χ1v) is 5.41. The number of hydrogen-bond donors (Lipinski definition) is 1. The average molecular weight is 243 g/mol. The van der Waals surface area contributed by atoms with Gasteiger partial charge in [0.05, 0.1) is 13.7 Å². The lowest BCUT2D eigenvalue weighted by molar-refractivity contribution is 0.0247. The van der Waals surface area contributed by atoms with Crippen molar-refractivity contribution in [2.75, 3.05) is 27.4 Å². The molecule has 1 rings (SSSR count). The van der Waals surface area contributed by atoms with Gasteiger partial charge in [-0.3, -0.25) is 4.98 Å². The highest BCUT2D eigenvalue weighted by molar-refractivity contribution is 5.24. The number of ether oxygens (including phenoxy) is 2. The Morgan fingerprint density at radius 3 is 2.65 bits per heavy atom. The average Bonchev–Trinajstić information content (AvgIpc) is 2.36. The van der Waals surface area contributed by atoms with Crippen LogP contribution < -0.4 is 10.5 Å². The van der Waals surface area contributed by atoms with Crippen LogP contribution in [0.15, 0.2) is 12.4 Å². The van der Waals surface area contributed by atoms with E-state index in [9.17, 15) is 4.39 Å². The van der Waals surface area contributed by atoms with Crippen LogP contribution in [-0.2, 0) is 10.4 Å². The number of nitrogens with zero attached hydrogens (tertiary/aromatic N) is 2. The van der Waals surface area contributed by atoms with Crippen molar-refractivity contribution in [3.63, 3.8) is 0 Å². The zero-order valence-electron chi connectivity index (χ0n) is 10.1. The molecule has 0 spiro atoms. The first-order chi connectivity index (χ1) is 8.18. The van der Waals surface area contributed by atoms with Crippen LogP contribution in [0.5, 0.6) is 5.88 Å². The first kappa shape index (κ1) is 13.8. The monoisotopic (exact) mass is 243 g/mol. The maximum Gasteiger partial charge on any atom is 0.238 e. The van der Waals surface area contributed by atoms with Crippen LogP contribution in [0.4, 0.5) is 4.39 Å². The number of rotatable bonds is 7. The quantitative estimate of drug-likeness (QED) is 0.774. The fourth-order valence-electron chi connectivity index (χ4n) is 1.65. The Morgan fingerprint density at radius 2 is 2.06 bits per heavy atom. The van der Waals surface area contributed by atoms with Gasteiger partial charge in [0.2, 0.25) is 5.88 Å². The molecule has 1 aromatic rings. The molecule has 0 aromatic carbocycles. The van der Waals surface area contributed by atoms with E-state index in [1.807, 2.05) is 0 Å². The van der Waals surface area contributed by atoms with E-state index < -0.39 is 5.67 Å².